The number of alkyl halides is 1. The van der Waals surface area contributed by atoms with Gasteiger partial charge in [0, 0.05) is 17.0 Å². The highest BCUT2D eigenvalue weighted by Gasteiger charge is 1.98. The lowest BCUT2D eigenvalue weighted by Gasteiger charge is -2.02. The number of aromatic nitrogens is 1. The maximum Gasteiger partial charge on any atom is 0.171 e. The Balaban J connectivity index is 1.85. The van der Waals surface area contributed by atoms with Crippen LogP contribution in [0.15, 0.2) is 24.5 Å². The third-order valence-electron chi connectivity index (χ3n) is 3.85. The standard InChI is InChI=1S/C18H31BrN/c1-20-16-12-14-18(17-20)13-10-8-6-4-2-3-5-7-9-11-15-19/h12,14,16-17H,2-11,13,15H2,1H3/q+1. The van der Waals surface area contributed by atoms with E-state index in [4.69, 9.17) is 0 Å². The normalized spacial score (nSPS) is 10.9. The van der Waals surface area contributed by atoms with E-state index in [1.807, 2.05) is 0 Å². The zero-order valence-electron chi connectivity index (χ0n) is 13.1. The second kappa shape index (κ2) is 12.4. The first-order chi connectivity index (χ1) is 9.83. The van der Waals surface area contributed by atoms with Crippen LogP contribution in [0.25, 0.3) is 0 Å². The molecular formula is C18H31BrN+. The van der Waals surface area contributed by atoms with Crippen LogP contribution in [0.4, 0.5) is 0 Å². The fraction of sp³-hybridized carbons (Fsp3) is 0.722. The molecule has 0 unspecified atom stereocenters. The Morgan fingerprint density at radius 1 is 0.850 bits per heavy atom. The van der Waals surface area contributed by atoms with Crippen molar-refractivity contribution in [2.24, 2.45) is 7.05 Å². The number of halogens is 1. The van der Waals surface area contributed by atoms with Crippen LogP contribution in [-0.4, -0.2) is 5.33 Å². The van der Waals surface area contributed by atoms with E-state index < -0.39 is 0 Å². The first-order valence-corrected chi connectivity index (χ1v) is 9.45. The molecule has 0 aromatic carbocycles. The molecule has 114 valence electrons. The molecule has 1 heterocycles. The molecular weight excluding hydrogens is 310 g/mol. The lowest BCUT2D eigenvalue weighted by Crippen LogP contribution is -2.26. The van der Waals surface area contributed by atoms with Crippen molar-refractivity contribution in [1.82, 2.24) is 0 Å². The van der Waals surface area contributed by atoms with E-state index in [0.29, 0.717) is 0 Å². The Morgan fingerprint density at radius 3 is 1.95 bits per heavy atom. The van der Waals surface area contributed by atoms with Gasteiger partial charge in [-0.25, -0.2) is 4.57 Å². The topological polar surface area (TPSA) is 3.88 Å². The van der Waals surface area contributed by atoms with Crippen LogP contribution < -0.4 is 4.57 Å². The van der Waals surface area contributed by atoms with Gasteiger partial charge in [0.25, 0.3) is 0 Å². The molecule has 0 amide bonds. The van der Waals surface area contributed by atoms with Gasteiger partial charge in [0.1, 0.15) is 7.05 Å². The van der Waals surface area contributed by atoms with Crippen molar-refractivity contribution < 1.29 is 4.57 Å². The van der Waals surface area contributed by atoms with Crippen LogP contribution in [-0.2, 0) is 13.5 Å². The van der Waals surface area contributed by atoms with Crippen LogP contribution >= 0.6 is 15.9 Å². The van der Waals surface area contributed by atoms with Crippen molar-refractivity contribution in [3.63, 3.8) is 0 Å². The average molecular weight is 341 g/mol. The van der Waals surface area contributed by atoms with Crippen molar-refractivity contribution in [2.45, 2.75) is 70.6 Å². The number of rotatable bonds is 12. The third kappa shape index (κ3) is 9.52. The highest BCUT2D eigenvalue weighted by molar-refractivity contribution is 9.09. The molecule has 0 atom stereocenters. The van der Waals surface area contributed by atoms with E-state index in [2.05, 4.69) is 52.1 Å². The third-order valence-corrected chi connectivity index (χ3v) is 4.41. The Hall–Kier alpha value is -0.370. The van der Waals surface area contributed by atoms with E-state index in [9.17, 15) is 0 Å². The summed E-state index contributed by atoms with van der Waals surface area (Å²) >= 11 is 3.49. The number of nitrogens with zero attached hydrogens (tertiary/aromatic N) is 1. The monoisotopic (exact) mass is 340 g/mol. The molecule has 0 bridgehead atoms. The minimum Gasteiger partial charge on any atom is -0.208 e. The van der Waals surface area contributed by atoms with Gasteiger partial charge in [-0.2, -0.15) is 0 Å². The number of unbranched alkanes of at least 4 members (excludes halogenated alkanes) is 9. The summed E-state index contributed by atoms with van der Waals surface area (Å²) < 4.78 is 2.14. The van der Waals surface area contributed by atoms with Crippen LogP contribution in [0.3, 0.4) is 0 Å². The average Bonchev–Trinajstić information content (AvgIpc) is 2.45. The number of hydrogen-bond acceptors (Lipinski definition) is 0. The van der Waals surface area contributed by atoms with E-state index in [1.165, 1.54) is 81.5 Å². The van der Waals surface area contributed by atoms with Crippen molar-refractivity contribution >= 4 is 15.9 Å². The molecule has 1 nitrogen and oxygen atoms in total. The second-order valence-electron chi connectivity index (χ2n) is 5.85. The molecule has 0 aliphatic rings. The summed E-state index contributed by atoms with van der Waals surface area (Å²) in [5.74, 6) is 0. The Kier molecular flexibility index (Phi) is 10.9. The summed E-state index contributed by atoms with van der Waals surface area (Å²) in [6.45, 7) is 0. The van der Waals surface area contributed by atoms with Gasteiger partial charge in [0.15, 0.2) is 12.4 Å². The van der Waals surface area contributed by atoms with Crippen molar-refractivity contribution in [3.05, 3.63) is 30.1 Å². The summed E-state index contributed by atoms with van der Waals surface area (Å²) in [5, 5.41) is 1.17. The summed E-state index contributed by atoms with van der Waals surface area (Å²) in [6.07, 6.45) is 19.7. The highest BCUT2D eigenvalue weighted by atomic mass is 79.9. The second-order valence-corrected chi connectivity index (χ2v) is 6.65. The van der Waals surface area contributed by atoms with E-state index >= 15 is 0 Å². The van der Waals surface area contributed by atoms with Crippen LogP contribution in [0, 0.1) is 0 Å². The van der Waals surface area contributed by atoms with Crippen LogP contribution in [0.2, 0.25) is 0 Å². The van der Waals surface area contributed by atoms with Crippen molar-refractivity contribution in [3.8, 4) is 0 Å². The summed E-state index contributed by atoms with van der Waals surface area (Å²) in [6, 6.07) is 4.39. The van der Waals surface area contributed by atoms with Gasteiger partial charge in [-0.3, -0.25) is 0 Å². The number of hydrogen-bond donors (Lipinski definition) is 0. The van der Waals surface area contributed by atoms with Gasteiger partial charge in [-0.15, -0.1) is 0 Å². The molecule has 0 radical (unpaired) electrons. The maximum absolute atomic E-state index is 3.49. The van der Waals surface area contributed by atoms with Gasteiger partial charge in [-0.1, -0.05) is 67.3 Å². The Morgan fingerprint density at radius 2 is 1.40 bits per heavy atom. The number of pyridine rings is 1. The molecule has 2 heteroatoms. The van der Waals surface area contributed by atoms with Crippen molar-refractivity contribution in [1.29, 1.82) is 0 Å². The minimum atomic E-state index is 1.17. The molecule has 0 fully saturated rings. The lowest BCUT2D eigenvalue weighted by atomic mass is 10.0. The quantitative estimate of drug-likeness (QED) is 0.274. The molecule has 0 spiro atoms. The number of aryl methyl sites for hydroxylation is 2. The first kappa shape index (κ1) is 17.7. The Labute approximate surface area is 133 Å². The smallest absolute Gasteiger partial charge is 0.171 e. The molecule has 1 aromatic rings. The molecule has 20 heavy (non-hydrogen) atoms. The molecule has 0 aliphatic carbocycles. The molecule has 1 aromatic heterocycles. The SMILES string of the molecule is C[n+]1cccc(CCCCCCCCCCCCBr)c1. The summed E-state index contributed by atoms with van der Waals surface area (Å²) in [5.41, 5.74) is 1.47. The molecule has 0 N–H and O–H groups in total. The predicted molar refractivity (Wildman–Crippen MR) is 91.3 cm³/mol. The lowest BCUT2D eigenvalue weighted by molar-refractivity contribution is -0.671. The Bertz CT molecular complexity index is 338. The molecule has 0 saturated carbocycles. The summed E-state index contributed by atoms with van der Waals surface area (Å²) in [7, 11) is 2.10. The van der Waals surface area contributed by atoms with Gasteiger partial charge in [0.05, 0.1) is 0 Å². The van der Waals surface area contributed by atoms with Gasteiger partial charge < -0.3 is 0 Å². The first-order valence-electron chi connectivity index (χ1n) is 8.33. The van der Waals surface area contributed by atoms with E-state index in [1.54, 1.807) is 0 Å². The predicted octanol–water partition coefficient (Wildman–Crippen LogP) is 5.35. The fourth-order valence-electron chi connectivity index (χ4n) is 2.64. The fourth-order valence-corrected chi connectivity index (χ4v) is 3.03. The zero-order chi connectivity index (χ0) is 14.5. The molecule has 0 aliphatic heterocycles. The van der Waals surface area contributed by atoms with Gasteiger partial charge in [-0.05, 0) is 25.3 Å². The van der Waals surface area contributed by atoms with E-state index in [0.717, 1.165) is 0 Å². The van der Waals surface area contributed by atoms with Crippen molar-refractivity contribution in [2.75, 3.05) is 5.33 Å². The van der Waals surface area contributed by atoms with E-state index in [-0.39, 0.29) is 0 Å². The largest absolute Gasteiger partial charge is 0.208 e. The highest BCUT2D eigenvalue weighted by Crippen LogP contribution is 2.12. The minimum absolute atomic E-state index is 1.17. The molecule has 1 rings (SSSR count). The maximum atomic E-state index is 3.49. The van der Waals surface area contributed by atoms with Gasteiger partial charge >= 0.3 is 0 Å². The summed E-state index contributed by atoms with van der Waals surface area (Å²) in [4.78, 5) is 0. The zero-order valence-corrected chi connectivity index (χ0v) is 14.7. The van der Waals surface area contributed by atoms with Crippen LogP contribution in [0.1, 0.15) is 69.8 Å². The van der Waals surface area contributed by atoms with Gasteiger partial charge in [0.2, 0.25) is 0 Å². The molecule has 0 saturated heterocycles. The van der Waals surface area contributed by atoms with Crippen LogP contribution in [0.5, 0.6) is 0 Å².